The zero-order valence-electron chi connectivity index (χ0n) is 57.9. The Labute approximate surface area is 586 Å². The van der Waals surface area contributed by atoms with Crippen LogP contribution >= 0.6 is 0 Å². The van der Waals surface area contributed by atoms with E-state index >= 15 is 0 Å². The Morgan fingerprint density at radius 1 is 0.495 bits per heavy atom. The second-order valence-electron chi connectivity index (χ2n) is 24.7. The van der Waals surface area contributed by atoms with Crippen LogP contribution in [0.5, 0.6) is 0 Å². The van der Waals surface area contributed by atoms with E-state index < -0.39 is 169 Å². The van der Waals surface area contributed by atoms with Gasteiger partial charge in [0.2, 0.25) is 70.9 Å². The minimum atomic E-state index is -1.90. The Hall–Kier alpha value is -9.61. The van der Waals surface area contributed by atoms with E-state index in [4.69, 9.17) is 63.1 Å². The lowest BCUT2D eigenvalue weighted by Crippen LogP contribution is -2.62. The molecule has 40 heteroatoms. The van der Waals surface area contributed by atoms with Crippen LogP contribution in [0.2, 0.25) is 0 Å². The molecule has 1 fully saturated rings. The molecule has 36 N–H and O–H groups in total. The van der Waals surface area contributed by atoms with Gasteiger partial charge in [-0.2, -0.15) is 0 Å². The number of rotatable bonds is 36. The molecule has 0 bridgehead atoms. The van der Waals surface area contributed by atoms with Gasteiger partial charge in [0.05, 0.1) is 18.2 Å². The molecule has 1 aromatic rings. The molecule has 1 aliphatic heterocycles. The van der Waals surface area contributed by atoms with Gasteiger partial charge in [-0.05, 0) is 129 Å². The number of nitrogens with one attached hydrogen (secondary N) is 12. The number of hydrogen-bond acceptors (Lipinski definition) is 22. The zero-order valence-corrected chi connectivity index (χ0v) is 57.9. The van der Waals surface area contributed by atoms with Crippen LogP contribution in [-0.4, -0.2) is 236 Å². The van der Waals surface area contributed by atoms with Crippen molar-refractivity contribution in [2.75, 3.05) is 52.4 Å². The van der Waals surface area contributed by atoms with Gasteiger partial charge in [0.1, 0.15) is 66.5 Å². The average molecular weight is 1430 g/mol. The normalized spacial score (nSPS) is 21.1. The van der Waals surface area contributed by atoms with Gasteiger partial charge in [0.15, 0.2) is 17.9 Å². The van der Waals surface area contributed by atoms with E-state index in [0.29, 0.717) is 12.0 Å². The van der Waals surface area contributed by atoms with E-state index in [1.54, 1.807) is 44.2 Å². The minimum absolute atomic E-state index is 0.0127. The minimum Gasteiger partial charge on any atom is -0.391 e. The fraction of sp³-hybridized carbons (Fsp3) is 0.656. The SMILES string of the molecule is CC(C)C[C@@H]1NC(=O)[C@@H](Cc2ccccc2)NC(=O)[C@H](CCN)NC(=O)[C@@H](NC(=O)[C@H](CCN)NC(=O)[C@@H](NC(=O)[C@H](CCCN=C(N)N)NC(=O)[C@@H](CCCN=C(N)N)NC(=O)[C@@H](N)CCCN=C(N)N)[C@@H](C)O)CCNC(=O)[C@H]([C@@H](C)O)NC(=O)[C@H](CCN)NC(=O)[C@H](CCN)NC1=O. The molecular formula is C61H110N26O14. The van der Waals surface area contributed by atoms with Gasteiger partial charge < -0.3 is 137 Å². The van der Waals surface area contributed by atoms with Crippen molar-refractivity contribution in [3.63, 3.8) is 0 Å². The van der Waals surface area contributed by atoms with E-state index in [-0.39, 0.29) is 140 Å². The van der Waals surface area contributed by atoms with Crippen molar-refractivity contribution >= 4 is 88.8 Å². The highest BCUT2D eigenvalue weighted by atomic mass is 16.3. The molecule has 101 heavy (non-hydrogen) atoms. The van der Waals surface area contributed by atoms with E-state index in [2.05, 4.69) is 78.8 Å². The van der Waals surface area contributed by atoms with E-state index in [1.807, 2.05) is 0 Å². The molecular weight excluding hydrogens is 1320 g/mol. The maximum Gasteiger partial charge on any atom is 0.245 e. The van der Waals surface area contributed by atoms with E-state index in [0.717, 1.165) is 6.92 Å². The van der Waals surface area contributed by atoms with Crippen molar-refractivity contribution in [1.29, 1.82) is 0 Å². The zero-order chi connectivity index (χ0) is 75.9. The number of nitrogens with two attached hydrogens (primary N) is 11. The third kappa shape index (κ3) is 33.4. The summed E-state index contributed by atoms with van der Waals surface area (Å²) >= 11 is 0. The maximum absolute atomic E-state index is 14.7. The number of aliphatic hydroxyl groups excluding tert-OH is 2. The number of benzene rings is 1. The molecule has 1 aliphatic rings. The quantitative estimate of drug-likeness (QED) is 0.0169. The van der Waals surface area contributed by atoms with Crippen molar-refractivity contribution in [2.45, 2.75) is 196 Å². The molecule has 1 saturated heterocycles. The molecule has 2 rings (SSSR count). The summed E-state index contributed by atoms with van der Waals surface area (Å²) in [7, 11) is 0. The molecule has 0 unspecified atom stereocenters. The predicted octanol–water partition coefficient (Wildman–Crippen LogP) is -11.2. The second-order valence-corrected chi connectivity index (χ2v) is 24.7. The first kappa shape index (κ1) is 87.5. The molecule has 40 nitrogen and oxygen atoms in total. The lowest BCUT2D eigenvalue weighted by molar-refractivity contribution is -0.137. The molecule has 568 valence electrons. The lowest BCUT2D eigenvalue weighted by Gasteiger charge is -2.29. The Bertz CT molecular complexity index is 2950. The average Bonchev–Trinajstić information content (AvgIpc) is 1.07. The summed E-state index contributed by atoms with van der Waals surface area (Å²) in [5.41, 5.74) is 63.2. The summed E-state index contributed by atoms with van der Waals surface area (Å²) in [5.74, 6) is -12.6. The number of nitrogens with zero attached hydrogens (tertiary/aromatic N) is 3. The summed E-state index contributed by atoms with van der Waals surface area (Å²) in [6, 6.07) is -9.89. The number of carbonyl (C=O) groups is 12. The second kappa shape index (κ2) is 46.7. The monoisotopic (exact) mass is 1430 g/mol. The number of guanidine groups is 3. The highest BCUT2D eigenvalue weighted by molar-refractivity contribution is 6.00. The summed E-state index contributed by atoms with van der Waals surface area (Å²) in [6.45, 7) is 4.55. The van der Waals surface area contributed by atoms with E-state index in [1.165, 1.54) is 6.92 Å². The third-order valence-corrected chi connectivity index (χ3v) is 15.6. The van der Waals surface area contributed by atoms with Crippen LogP contribution in [0.3, 0.4) is 0 Å². The van der Waals surface area contributed by atoms with Crippen LogP contribution in [0, 0.1) is 5.92 Å². The van der Waals surface area contributed by atoms with Gasteiger partial charge in [-0.3, -0.25) is 72.5 Å². The number of aliphatic imine (C=N–C) groups is 3. The third-order valence-electron chi connectivity index (χ3n) is 15.6. The van der Waals surface area contributed by atoms with Crippen molar-refractivity contribution in [1.82, 2.24) is 63.8 Å². The van der Waals surface area contributed by atoms with Crippen molar-refractivity contribution in [3.8, 4) is 0 Å². The molecule has 0 radical (unpaired) electrons. The summed E-state index contributed by atoms with van der Waals surface area (Å²) < 4.78 is 0. The first-order valence-electron chi connectivity index (χ1n) is 33.5. The molecule has 0 aromatic heterocycles. The topological polar surface area (TPSA) is 713 Å². The molecule has 0 aliphatic carbocycles. The van der Waals surface area contributed by atoms with Gasteiger partial charge in [-0.25, -0.2) is 0 Å². The molecule has 1 heterocycles. The van der Waals surface area contributed by atoms with Gasteiger partial charge in [0, 0.05) is 32.6 Å². The summed E-state index contributed by atoms with van der Waals surface area (Å²) in [5, 5.41) is 52.4. The van der Waals surface area contributed by atoms with E-state index in [9.17, 15) is 67.7 Å². The van der Waals surface area contributed by atoms with Gasteiger partial charge in [-0.15, -0.1) is 0 Å². The Balaban J connectivity index is 2.73. The number of carbonyl (C=O) groups excluding carboxylic acids is 12. The van der Waals surface area contributed by atoms with Gasteiger partial charge in [0.25, 0.3) is 0 Å². The van der Waals surface area contributed by atoms with Crippen LogP contribution in [0.1, 0.15) is 110 Å². The van der Waals surface area contributed by atoms with Gasteiger partial charge >= 0.3 is 0 Å². The highest BCUT2D eigenvalue weighted by Crippen LogP contribution is 2.13. The maximum atomic E-state index is 14.7. The first-order valence-corrected chi connectivity index (χ1v) is 33.5. The van der Waals surface area contributed by atoms with Crippen molar-refractivity contribution < 1.29 is 67.7 Å². The largest absolute Gasteiger partial charge is 0.391 e. The lowest BCUT2D eigenvalue weighted by atomic mass is 10.00. The Kier molecular flexibility index (Phi) is 40.4. The summed E-state index contributed by atoms with van der Waals surface area (Å²) in [4.78, 5) is 182. The standard InChI is InChI=1S/C61H110N26O14/c1-31(2)29-43-55(98)81-38(16-21-62)49(92)80-41(19-24-65)54(97)86-45(32(3)88)57(100)73-28-20-42(52(95)79-39(17-22-63)51(94)85-44(56(99)84-43)30-34-11-6-5-7-12-34)82-50(93)40(18-23-64)83-58(101)46(33(4)89)87-53(96)37(15-10-27-76-61(71)72)78-48(91)36(14-9-26-75-60(69)70)77-47(90)35(66)13-8-25-74-59(67)68/h5-7,11-12,31-33,35-46,88-89H,8-10,13-30,62-66H2,1-4H3,(H,73,100)(H,77,90)(H,78,91)(H,79,95)(H,80,92)(H,81,98)(H,82,93)(H,83,101)(H,84,99)(H,85,94)(H,86,97)(H,87,96)(H4,67,68,74)(H4,69,70,75)(H4,71,72,76)/t32-,33-,35+,36-,37+,38+,39+,40+,41+,42+,43+,44-,45+,46+/m1/s1. The summed E-state index contributed by atoms with van der Waals surface area (Å²) in [6.07, 6.45) is -4.79. The van der Waals surface area contributed by atoms with Crippen molar-refractivity contribution in [2.24, 2.45) is 84.0 Å². The van der Waals surface area contributed by atoms with Crippen molar-refractivity contribution in [3.05, 3.63) is 35.9 Å². The smallest absolute Gasteiger partial charge is 0.245 e. The Morgan fingerprint density at radius 2 is 0.911 bits per heavy atom. The van der Waals surface area contributed by atoms with Crippen LogP contribution in [-0.2, 0) is 64.0 Å². The van der Waals surface area contributed by atoms with Crippen LogP contribution in [0.25, 0.3) is 0 Å². The van der Waals surface area contributed by atoms with Crippen LogP contribution < -0.4 is 127 Å². The number of aliphatic hydroxyl groups is 2. The van der Waals surface area contributed by atoms with Crippen LogP contribution in [0.4, 0.5) is 0 Å². The Morgan fingerprint density at radius 3 is 1.38 bits per heavy atom. The molecule has 0 spiro atoms. The number of amides is 12. The first-order chi connectivity index (χ1) is 47.8. The van der Waals surface area contributed by atoms with Crippen LogP contribution in [0.15, 0.2) is 45.3 Å². The number of hydrogen-bond donors (Lipinski definition) is 25. The molecule has 1 aromatic carbocycles. The molecule has 0 saturated carbocycles. The molecule has 14 atom stereocenters. The fourth-order valence-electron chi connectivity index (χ4n) is 10.2. The highest BCUT2D eigenvalue weighted by Gasteiger charge is 2.38. The predicted molar refractivity (Wildman–Crippen MR) is 374 cm³/mol. The molecule has 12 amide bonds. The fourth-order valence-corrected chi connectivity index (χ4v) is 10.2. The van der Waals surface area contributed by atoms with Gasteiger partial charge in [-0.1, -0.05) is 44.2 Å².